The van der Waals surface area contributed by atoms with Crippen LogP contribution in [0.15, 0.2) is 42.5 Å². The second-order valence-corrected chi connectivity index (χ2v) is 6.39. The average molecular weight is 408 g/mol. The van der Waals surface area contributed by atoms with Crippen LogP contribution >= 0.6 is 0 Å². The number of ether oxygens (including phenoxy) is 5. The second kappa shape index (κ2) is 8.20. The molecule has 2 heterocycles. The standard InChI is InChI=1S/C22H20N2O6/c1-26-20-9-14(10-21(27-2)22(20)28-3)16-11-15(23-24-16)5-6-17(25)13-4-7-18-19(8-13)30-12-29-18/h4-11H,12H2,1-3H3,(H,23,24). The number of methoxy groups -OCH3 is 3. The van der Waals surface area contributed by atoms with E-state index in [0.717, 1.165) is 5.56 Å². The van der Waals surface area contributed by atoms with Crippen molar-refractivity contribution in [3.8, 4) is 40.0 Å². The summed E-state index contributed by atoms with van der Waals surface area (Å²) in [5.74, 6) is 2.63. The highest BCUT2D eigenvalue weighted by Crippen LogP contribution is 2.41. The molecule has 0 fully saturated rings. The molecule has 0 unspecified atom stereocenters. The Balaban J connectivity index is 1.55. The van der Waals surface area contributed by atoms with E-state index in [4.69, 9.17) is 23.7 Å². The Labute approximate surface area is 173 Å². The van der Waals surface area contributed by atoms with Crippen molar-refractivity contribution in [2.75, 3.05) is 28.1 Å². The third kappa shape index (κ3) is 3.67. The maximum Gasteiger partial charge on any atom is 0.231 e. The van der Waals surface area contributed by atoms with Gasteiger partial charge in [-0.1, -0.05) is 0 Å². The number of aromatic amines is 1. The smallest absolute Gasteiger partial charge is 0.231 e. The molecular weight excluding hydrogens is 388 g/mol. The zero-order valence-corrected chi connectivity index (χ0v) is 16.7. The minimum atomic E-state index is -0.155. The lowest BCUT2D eigenvalue weighted by Gasteiger charge is -2.13. The topological polar surface area (TPSA) is 91.9 Å². The molecule has 0 amide bonds. The van der Waals surface area contributed by atoms with Crippen molar-refractivity contribution < 1.29 is 28.5 Å². The van der Waals surface area contributed by atoms with E-state index in [1.807, 2.05) is 18.2 Å². The van der Waals surface area contributed by atoms with Gasteiger partial charge in [-0.3, -0.25) is 9.89 Å². The van der Waals surface area contributed by atoms with Crippen molar-refractivity contribution in [2.45, 2.75) is 0 Å². The van der Waals surface area contributed by atoms with Gasteiger partial charge in [0, 0.05) is 11.1 Å². The normalized spacial score (nSPS) is 12.2. The van der Waals surface area contributed by atoms with Gasteiger partial charge in [-0.05, 0) is 48.6 Å². The molecule has 0 aliphatic carbocycles. The van der Waals surface area contributed by atoms with Gasteiger partial charge in [0.2, 0.25) is 12.5 Å². The van der Waals surface area contributed by atoms with Crippen LogP contribution in [0.2, 0.25) is 0 Å². The van der Waals surface area contributed by atoms with Crippen molar-refractivity contribution in [1.29, 1.82) is 0 Å². The highest BCUT2D eigenvalue weighted by Gasteiger charge is 2.16. The van der Waals surface area contributed by atoms with Crippen molar-refractivity contribution in [2.24, 2.45) is 0 Å². The van der Waals surface area contributed by atoms with Crippen LogP contribution in [-0.4, -0.2) is 44.1 Å². The van der Waals surface area contributed by atoms with Gasteiger partial charge in [-0.15, -0.1) is 0 Å². The number of benzene rings is 2. The van der Waals surface area contributed by atoms with Gasteiger partial charge in [0.25, 0.3) is 0 Å². The van der Waals surface area contributed by atoms with E-state index in [9.17, 15) is 4.79 Å². The molecule has 0 saturated heterocycles. The number of ketones is 1. The molecule has 2 aromatic carbocycles. The van der Waals surface area contributed by atoms with Gasteiger partial charge in [-0.2, -0.15) is 5.10 Å². The van der Waals surface area contributed by atoms with Gasteiger partial charge < -0.3 is 23.7 Å². The molecule has 8 nitrogen and oxygen atoms in total. The Hall–Kier alpha value is -3.94. The highest BCUT2D eigenvalue weighted by molar-refractivity contribution is 6.07. The van der Waals surface area contributed by atoms with Crippen LogP contribution in [0.5, 0.6) is 28.7 Å². The maximum atomic E-state index is 12.5. The van der Waals surface area contributed by atoms with Crippen molar-refractivity contribution in [3.63, 3.8) is 0 Å². The quantitative estimate of drug-likeness (QED) is 0.470. The molecule has 154 valence electrons. The Morgan fingerprint density at radius 1 is 1.00 bits per heavy atom. The molecular formula is C22H20N2O6. The summed E-state index contributed by atoms with van der Waals surface area (Å²) < 4.78 is 26.7. The number of nitrogens with zero attached hydrogens (tertiary/aromatic N) is 1. The summed E-state index contributed by atoms with van der Waals surface area (Å²) in [6, 6.07) is 10.5. The van der Waals surface area contributed by atoms with E-state index in [2.05, 4.69) is 10.2 Å². The van der Waals surface area contributed by atoms with Crippen molar-refractivity contribution in [1.82, 2.24) is 10.2 Å². The zero-order valence-electron chi connectivity index (χ0n) is 16.7. The first kappa shape index (κ1) is 19.4. The fourth-order valence-corrected chi connectivity index (χ4v) is 3.11. The summed E-state index contributed by atoms with van der Waals surface area (Å²) >= 11 is 0. The third-order valence-corrected chi connectivity index (χ3v) is 4.63. The number of carbonyl (C=O) groups is 1. The maximum absolute atomic E-state index is 12.5. The lowest BCUT2D eigenvalue weighted by Crippen LogP contribution is -1.95. The number of hydrogen-bond donors (Lipinski definition) is 1. The molecule has 0 radical (unpaired) electrons. The summed E-state index contributed by atoms with van der Waals surface area (Å²) in [7, 11) is 4.66. The summed E-state index contributed by atoms with van der Waals surface area (Å²) in [5.41, 5.74) is 2.64. The van der Waals surface area contributed by atoms with E-state index in [1.165, 1.54) is 6.08 Å². The van der Waals surface area contributed by atoms with Gasteiger partial charge >= 0.3 is 0 Å². The van der Waals surface area contributed by atoms with Crippen LogP contribution in [0.1, 0.15) is 16.1 Å². The fraction of sp³-hybridized carbons (Fsp3) is 0.182. The van der Waals surface area contributed by atoms with Crippen LogP contribution in [0.4, 0.5) is 0 Å². The number of H-pyrrole nitrogens is 1. The highest BCUT2D eigenvalue weighted by atomic mass is 16.7. The molecule has 1 N–H and O–H groups in total. The van der Waals surface area contributed by atoms with Gasteiger partial charge in [0.05, 0.1) is 32.7 Å². The first-order valence-corrected chi connectivity index (χ1v) is 9.10. The van der Waals surface area contributed by atoms with E-state index >= 15 is 0 Å². The lowest BCUT2D eigenvalue weighted by molar-refractivity contribution is 0.104. The van der Waals surface area contributed by atoms with Crippen LogP contribution < -0.4 is 23.7 Å². The molecule has 3 aromatic rings. The SMILES string of the molecule is COc1cc(-c2cc(C=CC(=O)c3ccc4c(c3)OCO4)[nH]n2)cc(OC)c1OC. The summed E-state index contributed by atoms with van der Waals surface area (Å²) in [4.78, 5) is 12.5. The molecule has 30 heavy (non-hydrogen) atoms. The molecule has 0 atom stereocenters. The van der Waals surface area contributed by atoms with Crippen molar-refractivity contribution >= 4 is 11.9 Å². The monoisotopic (exact) mass is 408 g/mol. The molecule has 8 heteroatoms. The van der Waals surface area contributed by atoms with E-state index in [-0.39, 0.29) is 12.6 Å². The number of nitrogens with one attached hydrogen (secondary N) is 1. The molecule has 0 saturated carbocycles. The number of rotatable bonds is 7. The van der Waals surface area contributed by atoms with Gasteiger partial charge in [0.1, 0.15) is 0 Å². The van der Waals surface area contributed by atoms with Crippen LogP contribution in [0.3, 0.4) is 0 Å². The lowest BCUT2D eigenvalue weighted by atomic mass is 10.1. The summed E-state index contributed by atoms with van der Waals surface area (Å²) in [6.07, 6.45) is 3.14. The summed E-state index contributed by atoms with van der Waals surface area (Å²) in [6.45, 7) is 0.167. The van der Waals surface area contributed by atoms with Crippen LogP contribution in [0, 0.1) is 0 Å². The first-order chi connectivity index (χ1) is 14.6. The number of fused-ring (bicyclic) bond motifs is 1. The fourth-order valence-electron chi connectivity index (χ4n) is 3.11. The molecule has 1 aliphatic rings. The van der Waals surface area contributed by atoms with E-state index < -0.39 is 0 Å². The average Bonchev–Trinajstić information content (AvgIpc) is 3.45. The second-order valence-electron chi connectivity index (χ2n) is 6.39. The van der Waals surface area contributed by atoms with Crippen LogP contribution in [0.25, 0.3) is 17.3 Å². The number of hydrogen-bond acceptors (Lipinski definition) is 7. The zero-order chi connectivity index (χ0) is 21.1. The molecule has 1 aliphatic heterocycles. The van der Waals surface area contributed by atoms with E-state index in [1.54, 1.807) is 45.6 Å². The minimum Gasteiger partial charge on any atom is -0.493 e. The van der Waals surface area contributed by atoms with E-state index in [0.29, 0.717) is 45.7 Å². The number of carbonyl (C=O) groups excluding carboxylic acids is 1. The molecule has 0 bridgehead atoms. The predicted octanol–water partition coefficient (Wildman–Crippen LogP) is 3.73. The number of aromatic nitrogens is 2. The van der Waals surface area contributed by atoms with Crippen LogP contribution in [-0.2, 0) is 0 Å². The Bertz CT molecular complexity index is 1090. The Morgan fingerprint density at radius 2 is 1.73 bits per heavy atom. The molecule has 1 aromatic heterocycles. The largest absolute Gasteiger partial charge is 0.493 e. The third-order valence-electron chi connectivity index (χ3n) is 4.63. The summed E-state index contributed by atoms with van der Waals surface area (Å²) in [5, 5.41) is 7.22. The predicted molar refractivity (Wildman–Crippen MR) is 110 cm³/mol. The first-order valence-electron chi connectivity index (χ1n) is 9.10. The number of allylic oxidation sites excluding steroid dienone is 1. The van der Waals surface area contributed by atoms with Gasteiger partial charge in [-0.25, -0.2) is 0 Å². The van der Waals surface area contributed by atoms with Gasteiger partial charge in [0.15, 0.2) is 28.8 Å². The van der Waals surface area contributed by atoms with Crippen molar-refractivity contribution in [3.05, 3.63) is 53.7 Å². The Kier molecular flexibility index (Phi) is 5.30. The molecule has 0 spiro atoms. The Morgan fingerprint density at radius 3 is 2.43 bits per heavy atom. The molecule has 4 rings (SSSR count). The minimum absolute atomic E-state index is 0.155.